The number of unbranched alkanes of at least 4 members (excludes halogenated alkanes) is 3. The van der Waals surface area contributed by atoms with Gasteiger partial charge in [-0.3, -0.25) is 0 Å². The van der Waals surface area contributed by atoms with Gasteiger partial charge < -0.3 is 0 Å². The summed E-state index contributed by atoms with van der Waals surface area (Å²) in [5.74, 6) is 0. The highest BCUT2D eigenvalue weighted by Crippen LogP contribution is 2.06. The van der Waals surface area contributed by atoms with Gasteiger partial charge in [0.05, 0.1) is 0 Å². The molecule has 81 valence electrons. The molecule has 1 aromatic rings. The highest BCUT2D eigenvalue weighted by atomic mass is 14.0. The molecule has 0 spiro atoms. The fourth-order valence-corrected chi connectivity index (χ4v) is 1.58. The predicted octanol–water partition coefficient (Wildman–Crippen LogP) is 4.56. The van der Waals surface area contributed by atoms with Gasteiger partial charge in [-0.05, 0) is 43.7 Å². The van der Waals surface area contributed by atoms with Crippen molar-refractivity contribution in [1.29, 1.82) is 0 Å². The second-order valence-electron chi connectivity index (χ2n) is 3.91. The smallest absolute Gasteiger partial charge is 0.0184 e. The molecule has 0 fully saturated rings. The van der Waals surface area contributed by atoms with Gasteiger partial charge in [-0.25, -0.2) is 0 Å². The van der Waals surface area contributed by atoms with Crippen LogP contribution in [-0.4, -0.2) is 0 Å². The zero-order valence-electron chi connectivity index (χ0n) is 9.71. The van der Waals surface area contributed by atoms with Crippen LogP contribution in [0.3, 0.4) is 0 Å². The molecule has 0 nitrogen and oxygen atoms in total. The summed E-state index contributed by atoms with van der Waals surface area (Å²) in [5.41, 5.74) is 1.44. The Labute approximate surface area is 94.0 Å². The summed E-state index contributed by atoms with van der Waals surface area (Å²) in [6.07, 6.45) is 12.2. The Balaban J connectivity index is 2.02. The molecule has 0 bridgehead atoms. The molecule has 0 aliphatic rings. The van der Waals surface area contributed by atoms with Crippen molar-refractivity contribution in [3.63, 3.8) is 0 Å². The number of allylic oxidation sites excluding steroid dienone is 2. The molecular formula is C15H21. The molecule has 1 radical (unpaired) electrons. The minimum absolute atomic E-state index is 1.20. The first-order valence-corrected chi connectivity index (χ1v) is 6.03. The van der Waals surface area contributed by atoms with Gasteiger partial charge >= 0.3 is 0 Å². The number of rotatable bonds is 7. The van der Waals surface area contributed by atoms with Crippen LogP contribution in [0, 0.1) is 6.07 Å². The van der Waals surface area contributed by atoms with Crippen LogP contribution in [-0.2, 0) is 6.42 Å². The summed E-state index contributed by atoms with van der Waals surface area (Å²) < 4.78 is 0. The van der Waals surface area contributed by atoms with E-state index in [-0.39, 0.29) is 0 Å². The van der Waals surface area contributed by atoms with Crippen LogP contribution in [0.15, 0.2) is 36.4 Å². The molecule has 0 aliphatic heterocycles. The Bertz CT molecular complexity index is 259. The van der Waals surface area contributed by atoms with Gasteiger partial charge in [0, 0.05) is 0 Å². The van der Waals surface area contributed by atoms with Crippen molar-refractivity contribution < 1.29 is 0 Å². The van der Waals surface area contributed by atoms with Crippen LogP contribution in [0.1, 0.15) is 44.6 Å². The fraction of sp³-hybridized carbons (Fsp3) is 0.467. The first-order valence-electron chi connectivity index (χ1n) is 6.03. The molecule has 0 aliphatic carbocycles. The van der Waals surface area contributed by atoms with E-state index in [4.69, 9.17) is 0 Å². The monoisotopic (exact) mass is 201 g/mol. The summed E-state index contributed by atoms with van der Waals surface area (Å²) in [7, 11) is 0. The van der Waals surface area contributed by atoms with Crippen molar-refractivity contribution >= 4 is 0 Å². The second-order valence-corrected chi connectivity index (χ2v) is 3.91. The maximum absolute atomic E-state index is 3.05. The Morgan fingerprint density at radius 3 is 2.53 bits per heavy atom. The second kappa shape index (κ2) is 8.28. The molecule has 0 atom stereocenters. The van der Waals surface area contributed by atoms with Crippen molar-refractivity contribution in [2.75, 3.05) is 0 Å². The van der Waals surface area contributed by atoms with Crippen molar-refractivity contribution in [2.45, 2.75) is 45.4 Å². The first-order chi connectivity index (χ1) is 7.43. The van der Waals surface area contributed by atoms with E-state index < -0.39 is 0 Å². The van der Waals surface area contributed by atoms with E-state index in [2.05, 4.69) is 37.3 Å². The van der Waals surface area contributed by atoms with E-state index in [1.807, 2.05) is 12.1 Å². The standard InChI is InChI=1S/C15H21/c1-2-3-4-5-6-7-9-12-15-13-10-8-11-14-15/h4-5,10-11,13-14H,2-3,6-7,9,12H2,1H3/b5-4+. The highest BCUT2D eigenvalue weighted by molar-refractivity contribution is 5.13. The minimum atomic E-state index is 1.20. The molecule has 0 heteroatoms. The van der Waals surface area contributed by atoms with Gasteiger partial charge in [0.25, 0.3) is 0 Å². The van der Waals surface area contributed by atoms with Gasteiger partial charge in [-0.1, -0.05) is 49.8 Å². The van der Waals surface area contributed by atoms with E-state index in [1.165, 1.54) is 44.1 Å². The van der Waals surface area contributed by atoms with Gasteiger partial charge in [0.2, 0.25) is 0 Å². The number of hydrogen-bond acceptors (Lipinski definition) is 0. The number of hydrogen-bond donors (Lipinski definition) is 0. The molecule has 0 unspecified atom stereocenters. The maximum Gasteiger partial charge on any atom is -0.0184 e. The molecular weight excluding hydrogens is 180 g/mol. The molecule has 0 N–H and O–H groups in total. The van der Waals surface area contributed by atoms with Crippen molar-refractivity contribution in [3.05, 3.63) is 48.0 Å². The minimum Gasteiger partial charge on any atom is -0.0885 e. The lowest BCUT2D eigenvalue weighted by molar-refractivity contribution is 0.745. The van der Waals surface area contributed by atoms with Crippen molar-refractivity contribution in [2.24, 2.45) is 0 Å². The lowest BCUT2D eigenvalue weighted by Crippen LogP contribution is -1.84. The van der Waals surface area contributed by atoms with E-state index in [0.717, 1.165) is 0 Å². The SMILES string of the molecule is CCC/C=C/CCCCc1cc[c]cc1. The van der Waals surface area contributed by atoms with Crippen LogP contribution in [0.2, 0.25) is 0 Å². The number of benzene rings is 1. The molecule has 0 amide bonds. The third kappa shape index (κ3) is 6.11. The molecule has 1 aromatic carbocycles. The Morgan fingerprint density at radius 2 is 1.80 bits per heavy atom. The van der Waals surface area contributed by atoms with Crippen LogP contribution in [0.25, 0.3) is 0 Å². The third-order valence-corrected chi connectivity index (χ3v) is 2.50. The molecule has 1 rings (SSSR count). The molecule has 0 saturated carbocycles. The normalized spacial score (nSPS) is 11.0. The van der Waals surface area contributed by atoms with Gasteiger partial charge in [0.15, 0.2) is 0 Å². The fourth-order valence-electron chi connectivity index (χ4n) is 1.58. The predicted molar refractivity (Wildman–Crippen MR) is 66.9 cm³/mol. The molecule has 15 heavy (non-hydrogen) atoms. The first kappa shape index (κ1) is 12.0. The van der Waals surface area contributed by atoms with E-state index >= 15 is 0 Å². The molecule has 0 aromatic heterocycles. The van der Waals surface area contributed by atoms with E-state index in [9.17, 15) is 0 Å². The van der Waals surface area contributed by atoms with Crippen LogP contribution >= 0.6 is 0 Å². The average molecular weight is 201 g/mol. The summed E-state index contributed by atoms with van der Waals surface area (Å²) in [6.45, 7) is 2.22. The Morgan fingerprint density at radius 1 is 1.07 bits per heavy atom. The summed E-state index contributed by atoms with van der Waals surface area (Å²) in [6, 6.07) is 11.4. The average Bonchev–Trinajstić information content (AvgIpc) is 2.29. The van der Waals surface area contributed by atoms with Gasteiger partial charge in [0.1, 0.15) is 0 Å². The number of aryl methyl sites for hydroxylation is 1. The van der Waals surface area contributed by atoms with Crippen LogP contribution < -0.4 is 0 Å². The topological polar surface area (TPSA) is 0 Å². The lowest BCUT2D eigenvalue weighted by atomic mass is 10.1. The Kier molecular flexibility index (Phi) is 6.64. The van der Waals surface area contributed by atoms with Crippen molar-refractivity contribution in [1.82, 2.24) is 0 Å². The molecule has 0 heterocycles. The highest BCUT2D eigenvalue weighted by Gasteiger charge is 1.90. The Hall–Kier alpha value is -1.04. The molecule has 0 saturated heterocycles. The summed E-state index contributed by atoms with van der Waals surface area (Å²) in [5, 5.41) is 0. The third-order valence-electron chi connectivity index (χ3n) is 2.50. The van der Waals surface area contributed by atoms with Crippen LogP contribution in [0.5, 0.6) is 0 Å². The van der Waals surface area contributed by atoms with Crippen LogP contribution in [0.4, 0.5) is 0 Å². The summed E-state index contributed by atoms with van der Waals surface area (Å²) >= 11 is 0. The van der Waals surface area contributed by atoms with Crippen molar-refractivity contribution in [3.8, 4) is 0 Å². The zero-order valence-corrected chi connectivity index (χ0v) is 9.71. The van der Waals surface area contributed by atoms with Gasteiger partial charge in [-0.2, -0.15) is 0 Å². The quantitative estimate of drug-likeness (QED) is 0.448. The van der Waals surface area contributed by atoms with E-state index in [0.29, 0.717) is 0 Å². The maximum atomic E-state index is 3.05. The van der Waals surface area contributed by atoms with Gasteiger partial charge in [-0.15, -0.1) is 0 Å². The summed E-state index contributed by atoms with van der Waals surface area (Å²) in [4.78, 5) is 0. The largest absolute Gasteiger partial charge is 0.0885 e. The lowest BCUT2D eigenvalue weighted by Gasteiger charge is -1.99. The zero-order chi connectivity index (χ0) is 10.8. The van der Waals surface area contributed by atoms with E-state index in [1.54, 1.807) is 0 Å².